The summed E-state index contributed by atoms with van der Waals surface area (Å²) in [5.41, 5.74) is 0. The third kappa shape index (κ3) is 3.30. The molecule has 0 N–H and O–H groups in total. The number of hydrogen-bond donors (Lipinski definition) is 0. The Bertz CT molecular complexity index is 49.7. The Morgan fingerprint density at radius 1 is 1.86 bits per heavy atom. The highest BCUT2D eigenvalue weighted by atomic mass is 79.9. The van der Waals surface area contributed by atoms with Crippen LogP contribution < -0.4 is 0 Å². The van der Waals surface area contributed by atoms with Crippen LogP contribution in [0.5, 0.6) is 0 Å². The van der Waals surface area contributed by atoms with Crippen molar-refractivity contribution in [2.24, 2.45) is 0 Å². The molecule has 0 spiro atoms. The predicted octanol–water partition coefficient (Wildman–Crippen LogP) is 2.35. The first-order valence-electron chi connectivity index (χ1n) is 1.93. The van der Waals surface area contributed by atoms with E-state index >= 15 is 0 Å². The Balaban J connectivity index is 3.36. The highest BCUT2D eigenvalue weighted by Crippen LogP contribution is 2.18. The first-order chi connectivity index (χ1) is 3.12. The molecular formula is C4H7BrClF. The van der Waals surface area contributed by atoms with Crippen LogP contribution in [-0.4, -0.2) is 16.9 Å². The lowest BCUT2D eigenvalue weighted by Gasteiger charge is -2.11. The molecule has 1 unspecified atom stereocenters. The summed E-state index contributed by atoms with van der Waals surface area (Å²) < 4.78 is 11.1. The molecule has 0 aliphatic heterocycles. The van der Waals surface area contributed by atoms with E-state index in [0.717, 1.165) is 0 Å². The van der Waals surface area contributed by atoms with Crippen LogP contribution in [0.15, 0.2) is 0 Å². The standard InChI is InChI=1S/C4H7BrClF/c1-4(5,2-6)3-7/h2-3H2,1H3. The largest absolute Gasteiger partial charge is 0.250 e. The highest BCUT2D eigenvalue weighted by Gasteiger charge is 2.17. The minimum atomic E-state index is -0.505. The zero-order chi connectivity index (χ0) is 5.91. The molecule has 3 heteroatoms. The number of hydrogen-bond acceptors (Lipinski definition) is 0. The van der Waals surface area contributed by atoms with E-state index in [9.17, 15) is 4.39 Å². The van der Waals surface area contributed by atoms with Gasteiger partial charge in [0.05, 0.1) is 4.32 Å². The molecule has 0 heterocycles. The zero-order valence-corrected chi connectivity index (χ0v) is 6.39. The molecule has 0 aliphatic carbocycles. The lowest BCUT2D eigenvalue weighted by Crippen LogP contribution is -2.19. The van der Waals surface area contributed by atoms with E-state index in [2.05, 4.69) is 15.9 Å². The molecule has 0 saturated heterocycles. The van der Waals surface area contributed by atoms with Gasteiger partial charge in [-0.3, -0.25) is 0 Å². The maximum Gasteiger partial charge on any atom is 0.106 e. The van der Waals surface area contributed by atoms with Crippen molar-refractivity contribution in [3.63, 3.8) is 0 Å². The quantitative estimate of drug-likeness (QED) is 0.585. The summed E-state index contributed by atoms with van der Waals surface area (Å²) in [5, 5.41) is 0. The summed E-state index contributed by atoms with van der Waals surface area (Å²) in [6.07, 6.45) is 0. The summed E-state index contributed by atoms with van der Waals surface area (Å²) in [7, 11) is 0. The Labute approximate surface area is 56.2 Å². The number of alkyl halides is 3. The molecule has 44 valence electrons. The van der Waals surface area contributed by atoms with Crippen molar-refractivity contribution < 1.29 is 4.39 Å². The van der Waals surface area contributed by atoms with Crippen molar-refractivity contribution in [1.82, 2.24) is 0 Å². The molecule has 0 nitrogen and oxygen atoms in total. The molecule has 0 rings (SSSR count). The van der Waals surface area contributed by atoms with E-state index in [4.69, 9.17) is 11.6 Å². The smallest absolute Gasteiger partial charge is 0.106 e. The predicted molar refractivity (Wildman–Crippen MR) is 34.0 cm³/mol. The molecule has 0 aromatic rings. The van der Waals surface area contributed by atoms with Crippen LogP contribution in [0.4, 0.5) is 4.39 Å². The van der Waals surface area contributed by atoms with Gasteiger partial charge in [0.25, 0.3) is 0 Å². The Morgan fingerprint density at radius 2 is 2.29 bits per heavy atom. The van der Waals surface area contributed by atoms with Crippen LogP contribution in [0, 0.1) is 0 Å². The average molecular weight is 189 g/mol. The number of halogens is 3. The van der Waals surface area contributed by atoms with Gasteiger partial charge >= 0.3 is 0 Å². The van der Waals surface area contributed by atoms with Gasteiger partial charge in [-0.1, -0.05) is 15.9 Å². The van der Waals surface area contributed by atoms with E-state index in [0.29, 0.717) is 5.88 Å². The second-order valence-corrected chi connectivity index (χ2v) is 3.86. The van der Waals surface area contributed by atoms with Crippen molar-refractivity contribution >= 4 is 27.5 Å². The average Bonchev–Trinajstić information content (AvgIpc) is 1.68. The minimum Gasteiger partial charge on any atom is -0.250 e. The molecule has 0 radical (unpaired) electrons. The maximum absolute atomic E-state index is 11.6. The monoisotopic (exact) mass is 188 g/mol. The summed E-state index contributed by atoms with van der Waals surface area (Å²) in [4.78, 5) is 0. The molecular weight excluding hydrogens is 182 g/mol. The number of rotatable bonds is 2. The van der Waals surface area contributed by atoms with Gasteiger partial charge in [0.1, 0.15) is 6.67 Å². The molecule has 0 fully saturated rings. The molecule has 7 heavy (non-hydrogen) atoms. The van der Waals surface area contributed by atoms with Crippen molar-refractivity contribution in [2.75, 3.05) is 12.6 Å². The lowest BCUT2D eigenvalue weighted by atomic mass is 10.2. The first kappa shape index (κ1) is 7.70. The summed E-state index contributed by atoms with van der Waals surface area (Å²) in [6, 6.07) is 0. The summed E-state index contributed by atoms with van der Waals surface area (Å²) in [5.74, 6) is 0.309. The van der Waals surface area contributed by atoms with E-state index in [1.165, 1.54) is 0 Å². The van der Waals surface area contributed by atoms with Crippen molar-refractivity contribution in [3.8, 4) is 0 Å². The fourth-order valence-electron chi connectivity index (χ4n) is 0.0357. The van der Waals surface area contributed by atoms with E-state index in [1.807, 2.05) is 0 Å². The van der Waals surface area contributed by atoms with Crippen LogP contribution in [0.1, 0.15) is 6.92 Å². The van der Waals surface area contributed by atoms with E-state index in [-0.39, 0.29) is 0 Å². The Kier molecular flexibility index (Phi) is 3.16. The lowest BCUT2D eigenvalue weighted by molar-refractivity contribution is 0.439. The topological polar surface area (TPSA) is 0 Å². The fraction of sp³-hybridized carbons (Fsp3) is 1.00. The van der Waals surface area contributed by atoms with Crippen LogP contribution in [-0.2, 0) is 0 Å². The van der Waals surface area contributed by atoms with Crippen LogP contribution in [0.2, 0.25) is 0 Å². The van der Waals surface area contributed by atoms with Crippen LogP contribution in [0.3, 0.4) is 0 Å². The second-order valence-electron chi connectivity index (χ2n) is 1.68. The molecule has 0 aliphatic rings. The van der Waals surface area contributed by atoms with Crippen LogP contribution >= 0.6 is 27.5 Å². The highest BCUT2D eigenvalue weighted by molar-refractivity contribution is 9.10. The molecule has 0 aromatic heterocycles. The zero-order valence-electron chi connectivity index (χ0n) is 4.05. The molecule has 0 aromatic carbocycles. The van der Waals surface area contributed by atoms with Crippen molar-refractivity contribution in [1.29, 1.82) is 0 Å². The second kappa shape index (κ2) is 2.88. The van der Waals surface area contributed by atoms with Crippen molar-refractivity contribution in [2.45, 2.75) is 11.2 Å². The third-order valence-electron chi connectivity index (χ3n) is 0.557. The van der Waals surface area contributed by atoms with Gasteiger partial charge < -0.3 is 0 Å². The fourth-order valence-corrected chi connectivity index (χ4v) is 0.107. The van der Waals surface area contributed by atoms with Crippen molar-refractivity contribution in [3.05, 3.63) is 0 Å². The minimum absolute atomic E-state index is 0.309. The summed E-state index contributed by atoms with van der Waals surface area (Å²) in [6.45, 7) is 1.29. The summed E-state index contributed by atoms with van der Waals surface area (Å²) >= 11 is 8.38. The van der Waals surface area contributed by atoms with E-state index in [1.54, 1.807) is 6.92 Å². The Hall–Kier alpha value is 0.700. The first-order valence-corrected chi connectivity index (χ1v) is 3.26. The van der Waals surface area contributed by atoms with Gasteiger partial charge in [-0.25, -0.2) is 4.39 Å². The third-order valence-corrected chi connectivity index (χ3v) is 1.96. The molecule has 0 saturated carbocycles. The van der Waals surface area contributed by atoms with E-state index < -0.39 is 11.0 Å². The molecule has 0 amide bonds. The molecule has 0 bridgehead atoms. The van der Waals surface area contributed by atoms with Gasteiger partial charge in [0, 0.05) is 5.88 Å². The van der Waals surface area contributed by atoms with Gasteiger partial charge in [0.15, 0.2) is 0 Å². The van der Waals surface area contributed by atoms with Gasteiger partial charge in [-0.2, -0.15) is 0 Å². The Morgan fingerprint density at radius 3 is 2.29 bits per heavy atom. The maximum atomic E-state index is 11.6. The SMILES string of the molecule is CC(Br)(CF)CCl. The molecule has 1 atom stereocenters. The van der Waals surface area contributed by atoms with Crippen LogP contribution in [0.25, 0.3) is 0 Å². The van der Waals surface area contributed by atoms with Gasteiger partial charge in [-0.15, -0.1) is 11.6 Å². The van der Waals surface area contributed by atoms with Gasteiger partial charge in [-0.05, 0) is 6.92 Å². The normalized spacial score (nSPS) is 18.9. The van der Waals surface area contributed by atoms with Gasteiger partial charge in [0.2, 0.25) is 0 Å².